The van der Waals surface area contributed by atoms with Gasteiger partial charge in [0.1, 0.15) is 11.6 Å². The first-order valence-electron chi connectivity index (χ1n) is 7.26. The molecule has 0 bridgehead atoms. The molecule has 1 N–H and O–H groups in total. The summed E-state index contributed by atoms with van der Waals surface area (Å²) in [4.78, 5) is 24.6. The van der Waals surface area contributed by atoms with E-state index in [4.69, 9.17) is 0 Å². The number of carbonyl (C=O) groups is 2. The van der Waals surface area contributed by atoms with Crippen LogP contribution in [-0.2, 0) is 14.6 Å². The molecule has 8 heteroatoms. The van der Waals surface area contributed by atoms with Gasteiger partial charge >= 0.3 is 0 Å². The Morgan fingerprint density at radius 1 is 1.39 bits per heavy atom. The molecule has 1 aliphatic heterocycles. The number of ketones is 1. The fraction of sp³-hybridized carbons (Fsp3) is 0.467. The number of piperazine rings is 1. The average molecular weight is 342 g/mol. The van der Waals surface area contributed by atoms with Crippen LogP contribution in [0.4, 0.5) is 4.39 Å². The van der Waals surface area contributed by atoms with Gasteiger partial charge in [0.15, 0.2) is 15.6 Å². The van der Waals surface area contributed by atoms with Crippen molar-refractivity contribution in [2.24, 2.45) is 0 Å². The summed E-state index contributed by atoms with van der Waals surface area (Å²) in [5.41, 5.74) is -0.175. The third-order valence-corrected chi connectivity index (χ3v) is 5.41. The quantitative estimate of drug-likeness (QED) is 0.811. The summed E-state index contributed by atoms with van der Waals surface area (Å²) in [5.74, 6) is -2.61. The summed E-state index contributed by atoms with van der Waals surface area (Å²) in [7, 11) is -3.96. The molecule has 2 rings (SSSR count). The Bertz CT molecular complexity index is 733. The van der Waals surface area contributed by atoms with Crippen molar-refractivity contribution < 1.29 is 22.4 Å². The number of carbonyl (C=O) groups excluding carboxylic acids is 2. The van der Waals surface area contributed by atoms with Gasteiger partial charge in [-0.1, -0.05) is 0 Å². The highest BCUT2D eigenvalue weighted by molar-refractivity contribution is 7.92. The Hall–Kier alpha value is -1.80. The molecule has 1 saturated heterocycles. The molecular weight excluding hydrogens is 323 g/mol. The highest BCUT2D eigenvalue weighted by atomic mass is 32.2. The van der Waals surface area contributed by atoms with Gasteiger partial charge in [0.05, 0.1) is 10.5 Å². The standard InChI is InChI=1S/C15H19FN2O4S/c1-10-8-17-5-6-18(10)15(20)9-23(21,22)12-3-4-13(11(2)19)14(16)7-12/h3-4,7,10,17H,5-6,8-9H2,1-2H3/t10-/m1/s1. The van der Waals surface area contributed by atoms with Crippen molar-refractivity contribution in [1.29, 1.82) is 0 Å². The fourth-order valence-electron chi connectivity index (χ4n) is 2.52. The van der Waals surface area contributed by atoms with E-state index >= 15 is 0 Å². The molecule has 0 spiro atoms. The summed E-state index contributed by atoms with van der Waals surface area (Å²) in [6, 6.07) is 2.98. The van der Waals surface area contributed by atoms with E-state index in [0.717, 1.165) is 18.2 Å². The maximum atomic E-state index is 13.8. The molecule has 0 aliphatic carbocycles. The number of hydrogen-bond acceptors (Lipinski definition) is 5. The van der Waals surface area contributed by atoms with E-state index in [1.54, 1.807) is 0 Å². The maximum absolute atomic E-state index is 13.8. The summed E-state index contributed by atoms with van der Waals surface area (Å²) < 4.78 is 38.4. The highest BCUT2D eigenvalue weighted by Crippen LogP contribution is 2.18. The van der Waals surface area contributed by atoms with Crippen LogP contribution in [0.1, 0.15) is 24.2 Å². The topological polar surface area (TPSA) is 83.5 Å². The number of nitrogens with one attached hydrogen (secondary N) is 1. The van der Waals surface area contributed by atoms with Gasteiger partial charge in [-0.15, -0.1) is 0 Å². The van der Waals surface area contributed by atoms with Crippen molar-refractivity contribution in [3.8, 4) is 0 Å². The number of rotatable bonds is 4. The first kappa shape index (κ1) is 17.6. The Kier molecular flexibility index (Phi) is 5.16. The van der Waals surface area contributed by atoms with Crippen molar-refractivity contribution in [3.05, 3.63) is 29.6 Å². The third-order valence-electron chi connectivity index (χ3n) is 3.81. The molecule has 0 saturated carbocycles. The van der Waals surface area contributed by atoms with Crippen molar-refractivity contribution in [3.63, 3.8) is 0 Å². The van der Waals surface area contributed by atoms with Gasteiger partial charge in [0.2, 0.25) is 5.91 Å². The predicted octanol–water partition coefficient (Wildman–Crippen LogP) is 0.622. The smallest absolute Gasteiger partial charge is 0.238 e. The van der Waals surface area contributed by atoms with E-state index in [1.165, 1.54) is 11.8 Å². The van der Waals surface area contributed by atoms with Crippen LogP contribution in [0.2, 0.25) is 0 Å². The number of amides is 1. The summed E-state index contributed by atoms with van der Waals surface area (Å²) >= 11 is 0. The van der Waals surface area contributed by atoms with E-state index in [0.29, 0.717) is 19.6 Å². The van der Waals surface area contributed by atoms with Crippen LogP contribution in [0.3, 0.4) is 0 Å². The van der Waals surface area contributed by atoms with Crippen LogP contribution < -0.4 is 5.32 Å². The molecule has 0 unspecified atom stereocenters. The van der Waals surface area contributed by atoms with E-state index < -0.39 is 33.1 Å². The minimum Gasteiger partial charge on any atom is -0.337 e. The van der Waals surface area contributed by atoms with E-state index in [9.17, 15) is 22.4 Å². The fourth-order valence-corrected chi connectivity index (χ4v) is 3.73. The summed E-state index contributed by atoms with van der Waals surface area (Å²) in [6.45, 7) is 4.68. The van der Waals surface area contributed by atoms with E-state index in [2.05, 4.69) is 5.32 Å². The predicted molar refractivity (Wildman–Crippen MR) is 82.5 cm³/mol. The molecule has 1 aromatic rings. The normalized spacial score (nSPS) is 18.7. The lowest BCUT2D eigenvalue weighted by molar-refractivity contribution is -0.131. The lowest BCUT2D eigenvalue weighted by Crippen LogP contribution is -2.53. The first-order valence-corrected chi connectivity index (χ1v) is 8.91. The minimum absolute atomic E-state index is 0.0942. The lowest BCUT2D eigenvalue weighted by atomic mass is 10.1. The van der Waals surface area contributed by atoms with Crippen LogP contribution in [0.5, 0.6) is 0 Å². The molecule has 1 heterocycles. The van der Waals surface area contributed by atoms with Crippen molar-refractivity contribution in [1.82, 2.24) is 10.2 Å². The molecule has 6 nitrogen and oxygen atoms in total. The van der Waals surface area contributed by atoms with Gasteiger partial charge in [0.25, 0.3) is 0 Å². The van der Waals surface area contributed by atoms with E-state index in [-0.39, 0.29) is 16.5 Å². The lowest BCUT2D eigenvalue weighted by Gasteiger charge is -2.33. The number of nitrogens with zero attached hydrogens (tertiary/aromatic N) is 1. The molecule has 23 heavy (non-hydrogen) atoms. The maximum Gasteiger partial charge on any atom is 0.238 e. The Morgan fingerprint density at radius 2 is 2.09 bits per heavy atom. The second-order valence-electron chi connectivity index (χ2n) is 5.60. The third kappa shape index (κ3) is 3.94. The van der Waals surface area contributed by atoms with Crippen molar-refractivity contribution in [2.45, 2.75) is 24.8 Å². The van der Waals surface area contributed by atoms with Gasteiger partial charge in [-0.05, 0) is 32.0 Å². The summed E-state index contributed by atoms with van der Waals surface area (Å²) in [6.07, 6.45) is 0. The number of benzene rings is 1. The number of halogens is 1. The average Bonchev–Trinajstić information content (AvgIpc) is 2.46. The minimum atomic E-state index is -3.96. The van der Waals surface area contributed by atoms with Gasteiger partial charge in [0, 0.05) is 25.7 Å². The van der Waals surface area contributed by atoms with Crippen molar-refractivity contribution >= 4 is 21.5 Å². The van der Waals surface area contributed by atoms with Crippen molar-refractivity contribution in [2.75, 3.05) is 25.4 Å². The Labute approximate surface area is 134 Å². The van der Waals surface area contributed by atoms with Crippen LogP contribution >= 0.6 is 0 Å². The number of Topliss-reactive ketones (excluding diaryl/α,β-unsaturated/α-hetero) is 1. The molecule has 1 amide bonds. The largest absolute Gasteiger partial charge is 0.337 e. The van der Waals surface area contributed by atoms with E-state index in [1.807, 2.05) is 6.92 Å². The number of hydrogen-bond donors (Lipinski definition) is 1. The molecular formula is C15H19FN2O4S. The van der Waals surface area contributed by atoms with Crippen LogP contribution in [-0.4, -0.2) is 56.4 Å². The van der Waals surface area contributed by atoms with Crippen LogP contribution in [0.15, 0.2) is 23.1 Å². The SMILES string of the molecule is CC(=O)c1ccc(S(=O)(=O)CC(=O)N2CCNC[C@H]2C)cc1F. The molecule has 0 radical (unpaired) electrons. The highest BCUT2D eigenvalue weighted by Gasteiger charge is 2.28. The van der Waals surface area contributed by atoms with Crippen LogP contribution in [0.25, 0.3) is 0 Å². The molecule has 0 aromatic heterocycles. The van der Waals surface area contributed by atoms with Gasteiger partial charge in [-0.2, -0.15) is 0 Å². The molecule has 1 aromatic carbocycles. The Balaban J connectivity index is 2.20. The molecule has 126 valence electrons. The van der Waals surface area contributed by atoms with Crippen LogP contribution in [0, 0.1) is 5.82 Å². The second kappa shape index (κ2) is 6.76. The second-order valence-corrected chi connectivity index (χ2v) is 7.59. The molecule has 1 aliphatic rings. The zero-order valence-electron chi connectivity index (χ0n) is 13.0. The Morgan fingerprint density at radius 3 is 2.65 bits per heavy atom. The first-order chi connectivity index (χ1) is 10.7. The molecule has 1 atom stereocenters. The monoisotopic (exact) mass is 342 g/mol. The van der Waals surface area contributed by atoms with Gasteiger partial charge in [-0.25, -0.2) is 12.8 Å². The summed E-state index contributed by atoms with van der Waals surface area (Å²) in [5, 5.41) is 3.11. The zero-order chi connectivity index (χ0) is 17.2. The molecule has 1 fully saturated rings. The number of sulfone groups is 1. The van der Waals surface area contributed by atoms with Gasteiger partial charge in [-0.3, -0.25) is 9.59 Å². The van der Waals surface area contributed by atoms with Gasteiger partial charge < -0.3 is 10.2 Å². The zero-order valence-corrected chi connectivity index (χ0v) is 13.8.